The molecule has 2 N–H and O–H groups in total. The van der Waals surface area contributed by atoms with Crippen LogP contribution in [0.25, 0.3) is 0 Å². The van der Waals surface area contributed by atoms with Crippen LogP contribution < -0.4 is 10.0 Å². The molecular formula is C14H24Cl2FN3O2S. The van der Waals surface area contributed by atoms with Crippen LogP contribution >= 0.6 is 24.8 Å². The van der Waals surface area contributed by atoms with Crippen molar-refractivity contribution in [3.05, 3.63) is 29.6 Å². The Balaban J connectivity index is 0.00000242. The average molecular weight is 388 g/mol. The molecule has 134 valence electrons. The van der Waals surface area contributed by atoms with Gasteiger partial charge in [-0.05, 0) is 37.6 Å². The highest BCUT2D eigenvalue weighted by molar-refractivity contribution is 7.89. The summed E-state index contributed by atoms with van der Waals surface area (Å²) < 4.78 is 40.1. The summed E-state index contributed by atoms with van der Waals surface area (Å²) in [6, 6.07) is 3.80. The van der Waals surface area contributed by atoms with E-state index in [1.54, 1.807) is 6.92 Å². The van der Waals surface area contributed by atoms with E-state index in [2.05, 4.69) is 14.9 Å². The molecule has 1 aromatic rings. The molecule has 5 nitrogen and oxygen atoms in total. The van der Waals surface area contributed by atoms with Gasteiger partial charge in [0.15, 0.2) is 0 Å². The fraction of sp³-hybridized carbons (Fsp3) is 0.571. The quantitative estimate of drug-likeness (QED) is 0.726. The minimum absolute atomic E-state index is 0. The van der Waals surface area contributed by atoms with Crippen LogP contribution in [0.1, 0.15) is 12.0 Å². The summed E-state index contributed by atoms with van der Waals surface area (Å²) >= 11 is 0. The lowest BCUT2D eigenvalue weighted by atomic mass is 10.2. The first-order valence-electron chi connectivity index (χ1n) is 7.18. The number of hydrogen-bond donors (Lipinski definition) is 2. The molecule has 0 atom stereocenters. The zero-order valence-corrected chi connectivity index (χ0v) is 15.5. The van der Waals surface area contributed by atoms with Gasteiger partial charge in [0.2, 0.25) is 10.0 Å². The van der Waals surface area contributed by atoms with Crippen molar-refractivity contribution in [2.75, 3.05) is 39.3 Å². The third-order valence-electron chi connectivity index (χ3n) is 3.59. The van der Waals surface area contributed by atoms with E-state index in [1.807, 2.05) is 0 Å². The third-order valence-corrected chi connectivity index (χ3v) is 5.20. The fourth-order valence-corrected chi connectivity index (χ4v) is 3.71. The van der Waals surface area contributed by atoms with Crippen molar-refractivity contribution >= 4 is 34.8 Å². The molecule has 23 heavy (non-hydrogen) atoms. The number of rotatable bonds is 6. The molecule has 0 saturated carbocycles. The summed E-state index contributed by atoms with van der Waals surface area (Å²) in [6.45, 7) is 6.84. The summed E-state index contributed by atoms with van der Waals surface area (Å²) in [5.41, 5.74) is 0.547. The zero-order valence-electron chi connectivity index (χ0n) is 13.0. The lowest BCUT2D eigenvalue weighted by Crippen LogP contribution is -2.44. The predicted octanol–water partition coefficient (Wildman–Crippen LogP) is 1.55. The highest BCUT2D eigenvalue weighted by atomic mass is 35.5. The standard InChI is InChI=1S/C14H22FN3O2S.2ClH/c1-12-3-4-13(15)11-14(12)21(19,20)17-5-2-8-18-9-6-16-7-10-18;;/h3-4,11,16-17H,2,5-10H2,1H3;2*1H. The summed E-state index contributed by atoms with van der Waals surface area (Å²) in [6.07, 6.45) is 0.744. The van der Waals surface area contributed by atoms with Gasteiger partial charge in [0.05, 0.1) is 4.90 Å². The molecule has 0 aliphatic carbocycles. The number of nitrogens with zero attached hydrogens (tertiary/aromatic N) is 1. The summed E-state index contributed by atoms with van der Waals surface area (Å²) in [5.74, 6) is -0.540. The molecule has 1 heterocycles. The van der Waals surface area contributed by atoms with Gasteiger partial charge in [0.1, 0.15) is 5.82 Å². The monoisotopic (exact) mass is 387 g/mol. The van der Waals surface area contributed by atoms with Crippen LogP contribution in [-0.2, 0) is 10.0 Å². The maximum Gasteiger partial charge on any atom is 0.240 e. The maximum absolute atomic E-state index is 13.2. The first-order chi connectivity index (χ1) is 9.99. The van der Waals surface area contributed by atoms with Crippen molar-refractivity contribution in [1.29, 1.82) is 0 Å². The molecule has 1 saturated heterocycles. The van der Waals surface area contributed by atoms with Crippen LogP contribution in [0, 0.1) is 12.7 Å². The van der Waals surface area contributed by atoms with Gasteiger partial charge in [-0.3, -0.25) is 0 Å². The second kappa shape index (κ2) is 10.4. The van der Waals surface area contributed by atoms with E-state index >= 15 is 0 Å². The molecule has 1 aliphatic heterocycles. The third kappa shape index (κ3) is 6.91. The van der Waals surface area contributed by atoms with Gasteiger partial charge in [0.25, 0.3) is 0 Å². The van der Waals surface area contributed by atoms with Gasteiger partial charge in [-0.25, -0.2) is 17.5 Å². The van der Waals surface area contributed by atoms with Crippen molar-refractivity contribution < 1.29 is 12.8 Å². The smallest absolute Gasteiger partial charge is 0.240 e. The molecule has 0 radical (unpaired) electrons. The maximum atomic E-state index is 13.2. The number of hydrogen-bond acceptors (Lipinski definition) is 4. The predicted molar refractivity (Wildman–Crippen MR) is 94.7 cm³/mol. The minimum Gasteiger partial charge on any atom is -0.314 e. The zero-order chi connectivity index (χ0) is 15.3. The Labute approximate surface area is 149 Å². The van der Waals surface area contributed by atoms with Crippen LogP contribution in [0.15, 0.2) is 23.1 Å². The van der Waals surface area contributed by atoms with Crippen molar-refractivity contribution in [3.63, 3.8) is 0 Å². The number of halogens is 3. The second-order valence-electron chi connectivity index (χ2n) is 5.25. The fourth-order valence-electron chi connectivity index (χ4n) is 2.39. The number of nitrogens with one attached hydrogen (secondary N) is 2. The molecule has 0 unspecified atom stereocenters. The molecule has 1 aromatic carbocycles. The van der Waals surface area contributed by atoms with E-state index in [-0.39, 0.29) is 29.7 Å². The molecular weight excluding hydrogens is 364 g/mol. The topological polar surface area (TPSA) is 61.4 Å². The number of piperazine rings is 1. The van der Waals surface area contributed by atoms with Crippen molar-refractivity contribution in [2.24, 2.45) is 0 Å². The van der Waals surface area contributed by atoms with E-state index < -0.39 is 15.8 Å². The van der Waals surface area contributed by atoms with Gasteiger partial charge >= 0.3 is 0 Å². The van der Waals surface area contributed by atoms with Crippen LogP contribution in [-0.4, -0.2) is 52.6 Å². The molecule has 0 amide bonds. The number of aryl methyl sites for hydroxylation is 1. The second-order valence-corrected chi connectivity index (χ2v) is 6.99. The number of sulfonamides is 1. The van der Waals surface area contributed by atoms with Crippen LogP contribution in [0.5, 0.6) is 0 Å². The van der Waals surface area contributed by atoms with Gasteiger partial charge in [-0.2, -0.15) is 0 Å². The lowest BCUT2D eigenvalue weighted by Gasteiger charge is -2.27. The van der Waals surface area contributed by atoms with E-state index in [9.17, 15) is 12.8 Å². The first-order valence-corrected chi connectivity index (χ1v) is 8.66. The molecule has 0 bridgehead atoms. The van der Waals surface area contributed by atoms with E-state index in [0.29, 0.717) is 12.1 Å². The van der Waals surface area contributed by atoms with E-state index in [1.165, 1.54) is 12.1 Å². The molecule has 0 spiro atoms. The lowest BCUT2D eigenvalue weighted by molar-refractivity contribution is 0.239. The van der Waals surface area contributed by atoms with Crippen LogP contribution in [0.4, 0.5) is 4.39 Å². The molecule has 9 heteroatoms. The van der Waals surface area contributed by atoms with Gasteiger partial charge in [0, 0.05) is 32.7 Å². The summed E-state index contributed by atoms with van der Waals surface area (Å²) in [5, 5.41) is 3.27. The largest absolute Gasteiger partial charge is 0.314 e. The number of benzene rings is 1. The Bertz CT molecular complexity index is 581. The Hall–Kier alpha value is -0.440. The Morgan fingerprint density at radius 2 is 1.91 bits per heavy atom. The summed E-state index contributed by atoms with van der Waals surface area (Å²) in [4.78, 5) is 2.32. The average Bonchev–Trinajstić information content (AvgIpc) is 2.47. The highest BCUT2D eigenvalue weighted by Gasteiger charge is 2.17. The Morgan fingerprint density at radius 3 is 2.57 bits per heavy atom. The van der Waals surface area contributed by atoms with E-state index in [0.717, 1.165) is 45.2 Å². The molecule has 1 aliphatic rings. The van der Waals surface area contributed by atoms with E-state index in [4.69, 9.17) is 0 Å². The van der Waals surface area contributed by atoms with Gasteiger partial charge < -0.3 is 10.2 Å². The normalized spacial score (nSPS) is 15.6. The van der Waals surface area contributed by atoms with Crippen LogP contribution in [0.3, 0.4) is 0 Å². The molecule has 1 fully saturated rings. The SMILES string of the molecule is Cc1ccc(F)cc1S(=O)(=O)NCCCN1CCNCC1.Cl.Cl. The summed E-state index contributed by atoms with van der Waals surface area (Å²) in [7, 11) is -3.64. The first kappa shape index (κ1) is 22.6. The Kier molecular flexibility index (Phi) is 10.2. The van der Waals surface area contributed by atoms with Crippen LogP contribution in [0.2, 0.25) is 0 Å². The Morgan fingerprint density at radius 1 is 1.26 bits per heavy atom. The minimum atomic E-state index is -3.64. The van der Waals surface area contributed by atoms with Crippen molar-refractivity contribution in [2.45, 2.75) is 18.2 Å². The van der Waals surface area contributed by atoms with Crippen molar-refractivity contribution in [1.82, 2.24) is 14.9 Å². The highest BCUT2D eigenvalue weighted by Crippen LogP contribution is 2.16. The molecule has 2 rings (SSSR count). The molecule has 0 aromatic heterocycles. The van der Waals surface area contributed by atoms with Gasteiger partial charge in [-0.15, -0.1) is 24.8 Å². The van der Waals surface area contributed by atoms with Gasteiger partial charge in [-0.1, -0.05) is 6.07 Å². The van der Waals surface area contributed by atoms with Crippen molar-refractivity contribution in [3.8, 4) is 0 Å².